The minimum atomic E-state index is -0.272. The number of fused-ring (bicyclic) bond motifs is 1. The van der Waals surface area contributed by atoms with Crippen molar-refractivity contribution < 1.29 is 4.79 Å². The van der Waals surface area contributed by atoms with Crippen LogP contribution in [0.5, 0.6) is 0 Å². The van der Waals surface area contributed by atoms with Crippen molar-refractivity contribution in [1.29, 1.82) is 10.8 Å². The topological polar surface area (TPSA) is 87.0 Å². The van der Waals surface area contributed by atoms with Crippen LogP contribution in [0.3, 0.4) is 0 Å². The molecule has 7 heteroatoms. The van der Waals surface area contributed by atoms with Crippen molar-refractivity contribution in [1.82, 2.24) is 14.8 Å². The number of rotatable bonds is 2. The Morgan fingerprint density at radius 1 is 1.18 bits per heavy atom. The molecule has 0 aliphatic carbocycles. The van der Waals surface area contributed by atoms with Gasteiger partial charge < -0.3 is 14.8 Å². The van der Waals surface area contributed by atoms with Gasteiger partial charge in [-0.3, -0.25) is 15.6 Å². The lowest BCUT2D eigenvalue weighted by atomic mass is 9.71. The number of aromatic nitrogens is 1. The molecule has 0 atom stereocenters. The first-order valence-corrected chi connectivity index (χ1v) is 10.7. The summed E-state index contributed by atoms with van der Waals surface area (Å²) in [5, 5.41) is 17.8. The summed E-state index contributed by atoms with van der Waals surface area (Å²) in [6, 6.07) is 8.24. The molecule has 4 rings (SSSR count). The number of aromatic amines is 1. The second-order valence-electron chi connectivity index (χ2n) is 7.92. The van der Waals surface area contributed by atoms with Crippen molar-refractivity contribution in [2.45, 2.75) is 39.2 Å². The number of amidine groups is 1. The first kappa shape index (κ1) is 19.1. The fourth-order valence-corrected chi connectivity index (χ4v) is 5.18. The van der Waals surface area contributed by atoms with E-state index in [1.807, 2.05) is 28.1 Å². The number of hydrogen-bond acceptors (Lipinski definition) is 4. The van der Waals surface area contributed by atoms with Gasteiger partial charge in [-0.15, -0.1) is 0 Å². The number of H-pyrrole nitrogens is 1. The smallest absolute Gasteiger partial charge is 0.229 e. The predicted molar refractivity (Wildman–Crippen MR) is 115 cm³/mol. The van der Waals surface area contributed by atoms with Crippen LogP contribution in [0, 0.1) is 16.2 Å². The number of benzene rings is 1. The molecule has 6 nitrogen and oxygen atoms in total. The molecule has 1 amide bonds. The fourth-order valence-electron chi connectivity index (χ4n) is 4.58. The van der Waals surface area contributed by atoms with Crippen molar-refractivity contribution in [3.8, 4) is 0 Å². The van der Waals surface area contributed by atoms with E-state index in [9.17, 15) is 4.79 Å². The highest BCUT2D eigenvalue weighted by Gasteiger charge is 2.46. The molecule has 3 N–H and O–H groups in total. The lowest BCUT2D eigenvalue weighted by molar-refractivity contribution is -0.150. The molecule has 1 aromatic heterocycles. The Labute approximate surface area is 169 Å². The Morgan fingerprint density at radius 2 is 1.93 bits per heavy atom. The third kappa shape index (κ3) is 3.55. The third-order valence-corrected chi connectivity index (χ3v) is 6.88. The van der Waals surface area contributed by atoms with Gasteiger partial charge in [0.25, 0.3) is 0 Å². The van der Waals surface area contributed by atoms with Crippen LogP contribution in [-0.4, -0.2) is 50.5 Å². The monoisotopic (exact) mass is 397 g/mol. The van der Waals surface area contributed by atoms with Gasteiger partial charge in [0.15, 0.2) is 5.17 Å². The number of thioether (sulfide) groups is 1. The third-order valence-electron chi connectivity index (χ3n) is 6.12. The average molecular weight is 398 g/mol. The Morgan fingerprint density at radius 3 is 2.68 bits per heavy atom. The first-order valence-electron chi connectivity index (χ1n) is 9.89. The maximum atomic E-state index is 13.4. The molecule has 2 aliphatic rings. The summed E-state index contributed by atoms with van der Waals surface area (Å²) in [4.78, 5) is 20.8. The molecule has 2 fully saturated rings. The standard InChI is InChI=1S/C21H27N5OS/c1-15(22)28-20(23)25-11-8-21(9-12-25)7-4-10-26(19(21)27)14-16-13-24-18-6-3-2-5-17(16)18/h2-3,5-6,13,22-24H,4,7-12,14H2,1H3. The molecule has 0 unspecified atom stereocenters. The lowest BCUT2D eigenvalue weighted by Crippen LogP contribution is -2.53. The highest BCUT2D eigenvalue weighted by molar-refractivity contribution is 8.26. The van der Waals surface area contributed by atoms with Crippen molar-refractivity contribution in [3.05, 3.63) is 36.0 Å². The molecule has 2 aliphatic heterocycles. The highest BCUT2D eigenvalue weighted by atomic mass is 32.2. The lowest BCUT2D eigenvalue weighted by Gasteiger charge is -2.46. The Hall–Kier alpha value is -2.28. The van der Waals surface area contributed by atoms with Gasteiger partial charge >= 0.3 is 0 Å². The Kier molecular flexibility index (Phi) is 5.19. The van der Waals surface area contributed by atoms with E-state index in [-0.39, 0.29) is 11.3 Å². The van der Waals surface area contributed by atoms with E-state index in [4.69, 9.17) is 10.8 Å². The molecule has 0 saturated carbocycles. The van der Waals surface area contributed by atoms with Gasteiger partial charge in [0, 0.05) is 43.3 Å². The number of para-hydroxylation sites is 1. The molecule has 148 valence electrons. The highest BCUT2D eigenvalue weighted by Crippen LogP contribution is 2.42. The van der Waals surface area contributed by atoms with Gasteiger partial charge in [-0.2, -0.15) is 0 Å². The molecule has 0 radical (unpaired) electrons. The Bertz CT molecular complexity index is 912. The summed E-state index contributed by atoms with van der Waals surface area (Å²) < 4.78 is 0. The largest absolute Gasteiger partial charge is 0.361 e. The van der Waals surface area contributed by atoms with Gasteiger partial charge in [-0.1, -0.05) is 18.2 Å². The summed E-state index contributed by atoms with van der Waals surface area (Å²) in [6.07, 6.45) is 5.63. The van der Waals surface area contributed by atoms with E-state index in [0.717, 1.165) is 50.8 Å². The molecule has 2 saturated heterocycles. The van der Waals surface area contributed by atoms with E-state index < -0.39 is 0 Å². The zero-order valence-electron chi connectivity index (χ0n) is 16.3. The van der Waals surface area contributed by atoms with Gasteiger partial charge in [0.2, 0.25) is 5.91 Å². The Balaban J connectivity index is 1.45. The van der Waals surface area contributed by atoms with E-state index >= 15 is 0 Å². The first-order chi connectivity index (χ1) is 13.5. The quantitative estimate of drug-likeness (QED) is 0.528. The number of likely N-dealkylation sites (tertiary alicyclic amines) is 2. The zero-order valence-corrected chi connectivity index (χ0v) is 17.1. The molecule has 0 bridgehead atoms. The van der Waals surface area contributed by atoms with Crippen LogP contribution in [0.15, 0.2) is 30.5 Å². The van der Waals surface area contributed by atoms with Crippen molar-refractivity contribution in [3.63, 3.8) is 0 Å². The second kappa shape index (κ2) is 7.62. The molecular weight excluding hydrogens is 370 g/mol. The number of nitrogens with zero attached hydrogens (tertiary/aromatic N) is 2. The molecule has 2 aromatic rings. The van der Waals surface area contributed by atoms with E-state index in [1.54, 1.807) is 6.92 Å². The summed E-state index contributed by atoms with van der Waals surface area (Å²) in [5.41, 5.74) is 2.02. The summed E-state index contributed by atoms with van der Waals surface area (Å²) in [7, 11) is 0. The SMILES string of the molecule is CC(=N)SC(=N)N1CCC2(CCCN(Cc3c[nH]c4ccccc34)C2=O)CC1. The van der Waals surface area contributed by atoms with Crippen LogP contribution in [0.25, 0.3) is 10.9 Å². The van der Waals surface area contributed by atoms with Crippen LogP contribution in [0.2, 0.25) is 0 Å². The number of hydrogen-bond donors (Lipinski definition) is 3. The number of amides is 1. The van der Waals surface area contributed by atoms with Crippen LogP contribution in [-0.2, 0) is 11.3 Å². The summed E-state index contributed by atoms with van der Waals surface area (Å²) in [6.45, 7) is 4.64. The predicted octanol–water partition coefficient (Wildman–Crippen LogP) is 4.04. The molecule has 1 aromatic carbocycles. The van der Waals surface area contributed by atoms with Gasteiger partial charge in [0.1, 0.15) is 0 Å². The minimum Gasteiger partial charge on any atom is -0.361 e. The van der Waals surface area contributed by atoms with Crippen molar-refractivity contribution in [2.75, 3.05) is 19.6 Å². The zero-order chi connectivity index (χ0) is 19.7. The van der Waals surface area contributed by atoms with Gasteiger partial charge in [-0.25, -0.2) is 0 Å². The van der Waals surface area contributed by atoms with Crippen LogP contribution >= 0.6 is 11.8 Å². The molecule has 1 spiro atoms. The van der Waals surface area contributed by atoms with Crippen molar-refractivity contribution in [2.24, 2.45) is 5.41 Å². The maximum Gasteiger partial charge on any atom is 0.229 e. The minimum absolute atomic E-state index is 0.272. The van der Waals surface area contributed by atoms with Gasteiger partial charge in [-0.05, 0) is 56.0 Å². The average Bonchev–Trinajstić information content (AvgIpc) is 3.09. The van der Waals surface area contributed by atoms with Crippen LogP contribution < -0.4 is 0 Å². The molecule has 3 heterocycles. The van der Waals surface area contributed by atoms with Crippen molar-refractivity contribution >= 4 is 38.8 Å². The summed E-state index contributed by atoms with van der Waals surface area (Å²) in [5.74, 6) is 0.283. The maximum absolute atomic E-state index is 13.4. The van der Waals surface area contributed by atoms with Crippen LogP contribution in [0.1, 0.15) is 38.2 Å². The number of carbonyl (C=O) groups is 1. The normalized spacial score (nSPS) is 19.4. The van der Waals surface area contributed by atoms with Crippen LogP contribution in [0.4, 0.5) is 0 Å². The number of piperidine rings is 2. The van der Waals surface area contributed by atoms with E-state index in [1.165, 1.54) is 22.7 Å². The summed E-state index contributed by atoms with van der Waals surface area (Å²) >= 11 is 1.19. The van der Waals surface area contributed by atoms with Gasteiger partial charge in [0.05, 0.1) is 10.5 Å². The number of carbonyl (C=O) groups excluding carboxylic acids is 1. The van der Waals surface area contributed by atoms with E-state index in [2.05, 4.69) is 17.1 Å². The molecular formula is C21H27N5OS. The number of nitrogens with one attached hydrogen (secondary N) is 3. The van der Waals surface area contributed by atoms with E-state index in [0.29, 0.717) is 16.8 Å². The molecule has 28 heavy (non-hydrogen) atoms. The fraction of sp³-hybridized carbons (Fsp3) is 0.476. The second-order valence-corrected chi connectivity index (χ2v) is 9.12.